The number of rotatable bonds is 8. The van der Waals surface area contributed by atoms with Crippen molar-refractivity contribution in [2.75, 3.05) is 20.8 Å². The second-order valence-electron chi connectivity index (χ2n) is 7.08. The van der Waals surface area contributed by atoms with Crippen molar-refractivity contribution < 1.29 is 14.3 Å². The van der Waals surface area contributed by atoms with Gasteiger partial charge >= 0.3 is 0 Å². The SMILES string of the molecule is COc1ccc(CCNC(=O)c2ccc(Cn3nnc4ccsc4c3=O)cc2)cc1OC. The molecule has 2 aromatic heterocycles. The van der Waals surface area contributed by atoms with Gasteiger partial charge in [-0.25, -0.2) is 4.68 Å². The van der Waals surface area contributed by atoms with Gasteiger partial charge in [-0.15, -0.1) is 16.4 Å². The first-order valence-corrected chi connectivity index (χ1v) is 10.9. The molecule has 8 nitrogen and oxygen atoms in total. The van der Waals surface area contributed by atoms with Gasteiger partial charge < -0.3 is 14.8 Å². The Kier molecular flexibility index (Phi) is 6.46. The van der Waals surface area contributed by atoms with Crippen molar-refractivity contribution in [3.63, 3.8) is 0 Å². The molecule has 2 aromatic carbocycles. The zero-order valence-corrected chi connectivity index (χ0v) is 18.5. The molecule has 0 saturated carbocycles. The van der Waals surface area contributed by atoms with Crippen molar-refractivity contribution in [1.29, 1.82) is 0 Å². The molecule has 1 amide bonds. The number of hydrogen-bond acceptors (Lipinski definition) is 7. The molecule has 0 spiro atoms. The van der Waals surface area contributed by atoms with E-state index >= 15 is 0 Å². The van der Waals surface area contributed by atoms with Gasteiger partial charge in [0.15, 0.2) is 11.5 Å². The van der Waals surface area contributed by atoms with Crippen molar-refractivity contribution >= 4 is 27.5 Å². The molecule has 0 aliphatic rings. The van der Waals surface area contributed by atoms with Gasteiger partial charge in [0.1, 0.15) is 10.2 Å². The molecule has 1 N–H and O–H groups in total. The Balaban J connectivity index is 1.35. The van der Waals surface area contributed by atoms with Crippen LogP contribution in [0.15, 0.2) is 58.7 Å². The number of methoxy groups -OCH3 is 2. The molecule has 0 bridgehead atoms. The van der Waals surface area contributed by atoms with Crippen LogP contribution in [-0.4, -0.2) is 41.7 Å². The Hall–Kier alpha value is -3.72. The van der Waals surface area contributed by atoms with Crippen LogP contribution in [0.4, 0.5) is 0 Å². The van der Waals surface area contributed by atoms with Gasteiger partial charge in [-0.1, -0.05) is 23.4 Å². The van der Waals surface area contributed by atoms with E-state index in [0.717, 1.165) is 11.1 Å². The summed E-state index contributed by atoms with van der Waals surface area (Å²) in [5.74, 6) is 1.17. The summed E-state index contributed by atoms with van der Waals surface area (Å²) in [7, 11) is 3.19. The van der Waals surface area contributed by atoms with Crippen molar-refractivity contribution in [1.82, 2.24) is 20.3 Å². The van der Waals surface area contributed by atoms with E-state index in [-0.39, 0.29) is 11.5 Å². The molecule has 4 aromatic rings. The molecular weight excluding hydrogens is 428 g/mol. The molecule has 0 unspecified atom stereocenters. The lowest BCUT2D eigenvalue weighted by Crippen LogP contribution is -2.26. The van der Waals surface area contributed by atoms with Crippen LogP contribution < -0.4 is 20.3 Å². The van der Waals surface area contributed by atoms with Gasteiger partial charge in [0.05, 0.1) is 20.8 Å². The van der Waals surface area contributed by atoms with Crippen LogP contribution in [0, 0.1) is 0 Å². The number of nitrogens with one attached hydrogen (secondary N) is 1. The molecule has 0 aliphatic heterocycles. The molecule has 0 aliphatic carbocycles. The van der Waals surface area contributed by atoms with Gasteiger partial charge in [0.2, 0.25) is 0 Å². The number of nitrogens with zero attached hydrogens (tertiary/aromatic N) is 3. The lowest BCUT2D eigenvalue weighted by molar-refractivity contribution is 0.0954. The zero-order chi connectivity index (χ0) is 22.5. The second kappa shape index (κ2) is 9.61. The number of fused-ring (bicyclic) bond motifs is 1. The van der Waals surface area contributed by atoms with E-state index in [1.165, 1.54) is 16.0 Å². The zero-order valence-electron chi connectivity index (χ0n) is 17.7. The quantitative estimate of drug-likeness (QED) is 0.444. The largest absolute Gasteiger partial charge is 0.493 e. The number of amides is 1. The highest BCUT2D eigenvalue weighted by Crippen LogP contribution is 2.27. The maximum Gasteiger partial charge on any atom is 0.288 e. The second-order valence-corrected chi connectivity index (χ2v) is 8.00. The first-order valence-electron chi connectivity index (χ1n) is 9.98. The van der Waals surface area contributed by atoms with Gasteiger partial charge in [-0.2, -0.15) is 0 Å². The fourth-order valence-electron chi connectivity index (χ4n) is 3.30. The predicted molar refractivity (Wildman–Crippen MR) is 123 cm³/mol. The van der Waals surface area contributed by atoms with Crippen LogP contribution in [0.1, 0.15) is 21.5 Å². The maximum absolute atomic E-state index is 12.5. The van der Waals surface area contributed by atoms with Crippen LogP contribution in [-0.2, 0) is 13.0 Å². The fourth-order valence-corrected chi connectivity index (χ4v) is 4.07. The van der Waals surface area contributed by atoms with Crippen molar-refractivity contribution in [3.8, 4) is 11.5 Å². The van der Waals surface area contributed by atoms with Crippen LogP contribution in [0.3, 0.4) is 0 Å². The first kappa shape index (κ1) is 21.5. The highest BCUT2D eigenvalue weighted by atomic mass is 32.1. The summed E-state index contributed by atoms with van der Waals surface area (Å²) in [5.41, 5.74) is 2.89. The van der Waals surface area contributed by atoms with Crippen molar-refractivity contribution in [2.24, 2.45) is 0 Å². The average Bonchev–Trinajstić information content (AvgIpc) is 3.31. The highest BCUT2D eigenvalue weighted by Gasteiger charge is 2.10. The predicted octanol–water partition coefficient (Wildman–Crippen LogP) is 2.89. The Labute approximate surface area is 188 Å². The highest BCUT2D eigenvalue weighted by molar-refractivity contribution is 7.17. The molecular formula is C23H22N4O4S. The molecule has 164 valence electrons. The number of carbonyl (C=O) groups is 1. The number of carbonyl (C=O) groups excluding carboxylic acids is 1. The third-order valence-electron chi connectivity index (χ3n) is 5.03. The molecule has 0 fully saturated rings. The minimum Gasteiger partial charge on any atom is -0.493 e. The molecule has 0 saturated heterocycles. The monoisotopic (exact) mass is 450 g/mol. The lowest BCUT2D eigenvalue weighted by atomic mass is 10.1. The van der Waals surface area contributed by atoms with Crippen molar-refractivity contribution in [3.05, 3.63) is 81.0 Å². The van der Waals surface area contributed by atoms with E-state index in [9.17, 15) is 9.59 Å². The van der Waals surface area contributed by atoms with Crippen LogP contribution in [0.25, 0.3) is 10.2 Å². The molecule has 32 heavy (non-hydrogen) atoms. The van der Waals surface area contributed by atoms with Gasteiger partial charge in [-0.3, -0.25) is 9.59 Å². The van der Waals surface area contributed by atoms with Gasteiger partial charge in [0, 0.05) is 12.1 Å². The molecule has 4 rings (SSSR count). The summed E-state index contributed by atoms with van der Waals surface area (Å²) in [5, 5.41) is 12.8. The summed E-state index contributed by atoms with van der Waals surface area (Å²) in [6.07, 6.45) is 0.664. The summed E-state index contributed by atoms with van der Waals surface area (Å²) in [6, 6.07) is 14.6. The van der Waals surface area contributed by atoms with E-state index in [1.807, 2.05) is 35.7 Å². The summed E-state index contributed by atoms with van der Waals surface area (Å²) >= 11 is 1.35. The Morgan fingerprint density at radius 3 is 2.53 bits per heavy atom. The van der Waals surface area contributed by atoms with E-state index in [1.54, 1.807) is 32.4 Å². The van der Waals surface area contributed by atoms with Crippen molar-refractivity contribution in [2.45, 2.75) is 13.0 Å². The lowest BCUT2D eigenvalue weighted by Gasteiger charge is -2.10. The Morgan fingerprint density at radius 1 is 1.03 bits per heavy atom. The number of aromatic nitrogens is 3. The van der Waals surface area contributed by atoms with Crippen LogP contribution in [0.2, 0.25) is 0 Å². The third kappa shape index (κ3) is 4.62. The third-order valence-corrected chi connectivity index (χ3v) is 5.92. The van der Waals surface area contributed by atoms with Gasteiger partial charge in [-0.05, 0) is 53.3 Å². The number of ether oxygens (including phenoxy) is 2. The van der Waals surface area contributed by atoms with E-state index < -0.39 is 0 Å². The average molecular weight is 451 g/mol. The fraction of sp³-hybridized carbons (Fsp3) is 0.217. The van der Waals surface area contributed by atoms with E-state index in [4.69, 9.17) is 9.47 Å². The number of benzene rings is 2. The van der Waals surface area contributed by atoms with Crippen LogP contribution in [0.5, 0.6) is 11.5 Å². The number of hydrogen-bond donors (Lipinski definition) is 1. The first-order chi connectivity index (χ1) is 15.6. The molecule has 2 heterocycles. The van der Waals surface area contributed by atoms with E-state index in [0.29, 0.717) is 46.8 Å². The van der Waals surface area contributed by atoms with Crippen LogP contribution >= 0.6 is 11.3 Å². The Bertz CT molecular complexity index is 1300. The normalized spacial score (nSPS) is 10.8. The maximum atomic E-state index is 12.5. The number of thiophene rings is 1. The summed E-state index contributed by atoms with van der Waals surface area (Å²) in [4.78, 5) is 24.9. The smallest absolute Gasteiger partial charge is 0.288 e. The molecule has 9 heteroatoms. The summed E-state index contributed by atoms with van der Waals surface area (Å²) < 4.78 is 12.5. The minimum atomic E-state index is -0.165. The minimum absolute atomic E-state index is 0.158. The van der Waals surface area contributed by atoms with Gasteiger partial charge in [0.25, 0.3) is 11.5 Å². The molecule has 0 radical (unpaired) electrons. The topological polar surface area (TPSA) is 95.3 Å². The standard InChI is InChI=1S/C23H22N4O4S/c1-30-19-8-5-15(13-20(19)31-2)9-11-24-22(28)17-6-3-16(4-7-17)14-27-23(29)21-18(25-26-27)10-12-32-21/h3-8,10,12-13H,9,11,14H2,1-2H3,(H,24,28). The summed E-state index contributed by atoms with van der Waals surface area (Å²) in [6.45, 7) is 0.781. The van der Waals surface area contributed by atoms with E-state index in [2.05, 4.69) is 15.6 Å². The Morgan fingerprint density at radius 2 is 1.78 bits per heavy atom. The molecule has 0 atom stereocenters.